The van der Waals surface area contributed by atoms with Crippen LogP contribution in [0, 0.1) is 6.92 Å². The summed E-state index contributed by atoms with van der Waals surface area (Å²) in [5, 5.41) is 9.60. The largest absolute Gasteiger partial charge is 0.360 e. The number of carbonyl (C=O) groups is 1. The third kappa shape index (κ3) is 6.07. The first-order valence-corrected chi connectivity index (χ1v) is 17.2. The number of aromatic nitrogens is 2. The topological polar surface area (TPSA) is 96.6 Å². The summed E-state index contributed by atoms with van der Waals surface area (Å²) in [6.45, 7) is 5.26. The number of amides is 1. The molecule has 5 heterocycles. The second-order valence-electron chi connectivity index (χ2n) is 10.6. The van der Waals surface area contributed by atoms with E-state index in [-0.39, 0.29) is 17.4 Å². The van der Waals surface area contributed by atoms with Crippen molar-refractivity contribution in [1.82, 2.24) is 19.9 Å². The molecule has 2 aliphatic rings. The number of thiophene rings is 1. The van der Waals surface area contributed by atoms with E-state index in [2.05, 4.69) is 27.6 Å². The highest BCUT2D eigenvalue weighted by molar-refractivity contribution is 7.91. The Kier molecular flexibility index (Phi) is 7.89. The molecule has 1 aromatic carbocycles. The van der Waals surface area contributed by atoms with Crippen LogP contribution in [0.1, 0.15) is 40.0 Å². The van der Waals surface area contributed by atoms with E-state index in [0.717, 1.165) is 69.7 Å². The highest BCUT2D eigenvalue weighted by Crippen LogP contribution is 2.38. The molecule has 6 rings (SSSR count). The molecule has 0 bridgehead atoms. The molecule has 0 spiro atoms. The lowest BCUT2D eigenvalue weighted by molar-refractivity contribution is -0.131. The fraction of sp³-hybridized carbons (Fsp3) is 0.414. The van der Waals surface area contributed by atoms with E-state index in [1.165, 1.54) is 0 Å². The van der Waals surface area contributed by atoms with Gasteiger partial charge in [0.25, 0.3) is 0 Å². The number of likely N-dealkylation sites (tertiary alicyclic amines) is 1. The molecule has 0 unspecified atom stereocenters. The Morgan fingerprint density at radius 1 is 1.07 bits per heavy atom. The van der Waals surface area contributed by atoms with Crippen LogP contribution in [0.3, 0.4) is 0 Å². The molecule has 1 amide bonds. The molecule has 40 heavy (non-hydrogen) atoms. The first-order chi connectivity index (χ1) is 19.3. The first-order valence-electron chi connectivity index (χ1n) is 13.6. The van der Waals surface area contributed by atoms with Crippen LogP contribution in [0.4, 0.5) is 0 Å². The SMILES string of the molecule is Cc1onc(-c2cccc(CN3CCS(=O)(=O)CC3)c2)c1-c1csc(C2CCN(C(=O)Cc3cccs3)CC2)n1. The van der Waals surface area contributed by atoms with E-state index in [1.54, 1.807) is 22.7 Å². The van der Waals surface area contributed by atoms with Crippen molar-refractivity contribution in [3.8, 4) is 22.5 Å². The van der Waals surface area contributed by atoms with Crippen LogP contribution in [0.25, 0.3) is 22.5 Å². The zero-order valence-electron chi connectivity index (χ0n) is 22.4. The molecule has 11 heteroatoms. The van der Waals surface area contributed by atoms with Gasteiger partial charge in [-0.3, -0.25) is 9.69 Å². The zero-order valence-corrected chi connectivity index (χ0v) is 24.9. The number of benzene rings is 1. The third-order valence-electron chi connectivity index (χ3n) is 7.79. The number of rotatable bonds is 7. The molecule has 0 N–H and O–H groups in total. The van der Waals surface area contributed by atoms with Crippen LogP contribution >= 0.6 is 22.7 Å². The Hall–Kier alpha value is -2.86. The number of sulfone groups is 1. The average Bonchev–Trinajstić information content (AvgIpc) is 3.72. The molecule has 2 saturated heterocycles. The van der Waals surface area contributed by atoms with Crippen molar-refractivity contribution >= 4 is 38.4 Å². The predicted octanol–water partition coefficient (Wildman–Crippen LogP) is 5.01. The zero-order chi connectivity index (χ0) is 27.7. The van der Waals surface area contributed by atoms with Crippen LogP contribution in [-0.2, 0) is 27.6 Å². The van der Waals surface area contributed by atoms with Gasteiger partial charge < -0.3 is 9.42 Å². The van der Waals surface area contributed by atoms with Crippen molar-refractivity contribution < 1.29 is 17.7 Å². The lowest BCUT2D eigenvalue weighted by atomic mass is 9.97. The van der Waals surface area contributed by atoms with Gasteiger partial charge in [0.05, 0.1) is 34.2 Å². The second-order valence-corrected chi connectivity index (χ2v) is 14.8. The van der Waals surface area contributed by atoms with Crippen LogP contribution in [0.2, 0.25) is 0 Å². The van der Waals surface area contributed by atoms with Gasteiger partial charge in [-0.1, -0.05) is 29.4 Å². The number of aryl methyl sites for hydroxylation is 1. The summed E-state index contributed by atoms with van der Waals surface area (Å²) < 4.78 is 29.2. The molecule has 8 nitrogen and oxygen atoms in total. The summed E-state index contributed by atoms with van der Waals surface area (Å²) in [5.41, 5.74) is 4.62. The van der Waals surface area contributed by atoms with E-state index >= 15 is 0 Å². The van der Waals surface area contributed by atoms with Crippen molar-refractivity contribution in [3.63, 3.8) is 0 Å². The number of nitrogens with zero attached hydrogens (tertiary/aromatic N) is 4. The van der Waals surface area contributed by atoms with Crippen LogP contribution < -0.4 is 0 Å². The summed E-state index contributed by atoms with van der Waals surface area (Å²) >= 11 is 3.30. The smallest absolute Gasteiger partial charge is 0.227 e. The van der Waals surface area contributed by atoms with Gasteiger partial charge in [-0.15, -0.1) is 22.7 Å². The van der Waals surface area contributed by atoms with Crippen molar-refractivity contribution in [2.24, 2.45) is 0 Å². The monoisotopic (exact) mass is 596 g/mol. The molecule has 3 aromatic heterocycles. The molecule has 4 aromatic rings. The quantitative estimate of drug-likeness (QED) is 0.296. The fourth-order valence-electron chi connectivity index (χ4n) is 5.49. The van der Waals surface area contributed by atoms with Crippen molar-refractivity contribution in [3.05, 3.63) is 68.4 Å². The maximum Gasteiger partial charge on any atom is 0.227 e. The normalized spacial score (nSPS) is 18.3. The summed E-state index contributed by atoms with van der Waals surface area (Å²) in [7, 11) is -2.90. The predicted molar refractivity (Wildman–Crippen MR) is 158 cm³/mol. The molecule has 0 atom stereocenters. The number of thiazole rings is 1. The van der Waals surface area contributed by atoms with Gasteiger partial charge in [0.2, 0.25) is 5.91 Å². The molecule has 210 valence electrons. The molecular formula is C29H32N4O4S3. The molecule has 0 radical (unpaired) electrons. The van der Waals surface area contributed by atoms with Crippen molar-refractivity contribution in [2.75, 3.05) is 37.7 Å². The first kappa shape index (κ1) is 27.3. The Bertz CT molecular complexity index is 1570. The maximum absolute atomic E-state index is 12.7. The Balaban J connectivity index is 1.14. The van der Waals surface area contributed by atoms with Crippen molar-refractivity contribution in [2.45, 2.75) is 38.6 Å². The summed E-state index contributed by atoms with van der Waals surface area (Å²) in [5.74, 6) is 1.71. The standard InChI is InChI=1S/C29H32N4O4S3/c1-20-27(28(31-37-20)23-5-2-4-21(16-23)18-32-11-14-40(35,36)15-12-32)25-19-39-29(30-25)22-7-9-33(10-8-22)26(34)17-24-6-3-13-38-24/h2-6,13,16,19,22H,7-12,14-15,17-18H2,1H3. The maximum atomic E-state index is 12.7. The number of carbonyl (C=O) groups excluding carboxylic acids is 1. The van der Waals surface area contributed by atoms with Gasteiger partial charge in [-0.2, -0.15) is 0 Å². The molecule has 2 aliphatic heterocycles. The molecule has 2 fully saturated rings. The van der Waals surface area contributed by atoms with Crippen LogP contribution in [0.5, 0.6) is 0 Å². The molecular weight excluding hydrogens is 565 g/mol. The van der Waals surface area contributed by atoms with E-state index in [9.17, 15) is 13.2 Å². The summed E-state index contributed by atoms with van der Waals surface area (Å²) in [6.07, 6.45) is 2.32. The molecule has 0 saturated carbocycles. The Labute approximate surface area is 242 Å². The lowest BCUT2D eigenvalue weighted by Crippen LogP contribution is -2.39. The number of hydrogen-bond donors (Lipinski definition) is 0. The van der Waals surface area contributed by atoms with Gasteiger partial charge >= 0.3 is 0 Å². The van der Waals surface area contributed by atoms with E-state index in [0.29, 0.717) is 32.0 Å². The lowest BCUT2D eigenvalue weighted by Gasteiger charge is -2.31. The van der Waals surface area contributed by atoms with Gasteiger partial charge in [-0.25, -0.2) is 13.4 Å². The van der Waals surface area contributed by atoms with Crippen molar-refractivity contribution in [1.29, 1.82) is 0 Å². The van der Waals surface area contributed by atoms with Crippen LogP contribution in [0.15, 0.2) is 51.7 Å². The van der Waals surface area contributed by atoms with Gasteiger partial charge in [0.1, 0.15) is 11.5 Å². The van der Waals surface area contributed by atoms with E-state index < -0.39 is 9.84 Å². The van der Waals surface area contributed by atoms with Gasteiger partial charge in [0, 0.05) is 54.5 Å². The second kappa shape index (κ2) is 11.6. The minimum absolute atomic E-state index is 0.206. The number of hydrogen-bond acceptors (Lipinski definition) is 9. The highest BCUT2D eigenvalue weighted by atomic mass is 32.2. The number of piperidine rings is 1. The van der Waals surface area contributed by atoms with E-state index in [4.69, 9.17) is 9.51 Å². The summed E-state index contributed by atoms with van der Waals surface area (Å²) in [6, 6.07) is 12.2. The van der Waals surface area contributed by atoms with Crippen LogP contribution in [-0.4, -0.2) is 72.0 Å². The van der Waals surface area contributed by atoms with Gasteiger partial charge in [0.15, 0.2) is 9.84 Å². The Morgan fingerprint density at radius 2 is 1.88 bits per heavy atom. The fourth-order valence-corrected chi connectivity index (χ4v) is 8.45. The average molecular weight is 597 g/mol. The minimum Gasteiger partial charge on any atom is -0.360 e. The highest BCUT2D eigenvalue weighted by Gasteiger charge is 2.27. The van der Waals surface area contributed by atoms with Gasteiger partial charge in [-0.05, 0) is 42.8 Å². The minimum atomic E-state index is -2.90. The summed E-state index contributed by atoms with van der Waals surface area (Å²) in [4.78, 5) is 23.0. The third-order valence-corrected chi connectivity index (χ3v) is 11.3. The Morgan fingerprint density at radius 3 is 2.62 bits per heavy atom. The van der Waals surface area contributed by atoms with E-state index in [1.807, 2.05) is 41.5 Å². The molecule has 0 aliphatic carbocycles.